The van der Waals surface area contributed by atoms with Crippen LogP contribution in [-0.4, -0.2) is 16.0 Å². The second kappa shape index (κ2) is 6.24. The van der Waals surface area contributed by atoms with Crippen molar-refractivity contribution >= 4 is 11.7 Å². The molecule has 1 fully saturated rings. The van der Waals surface area contributed by atoms with Crippen molar-refractivity contribution in [1.82, 2.24) is 0 Å². The van der Waals surface area contributed by atoms with Gasteiger partial charge in [-0.05, 0) is 43.6 Å². The highest BCUT2D eigenvalue weighted by Crippen LogP contribution is 2.42. The van der Waals surface area contributed by atoms with E-state index in [4.69, 9.17) is 0 Å². The van der Waals surface area contributed by atoms with Gasteiger partial charge in [0.05, 0.1) is 10.3 Å². The molecule has 0 aliphatic heterocycles. The zero-order chi connectivity index (χ0) is 15.5. The van der Waals surface area contributed by atoms with E-state index >= 15 is 0 Å². The van der Waals surface area contributed by atoms with Crippen LogP contribution in [0.4, 0.5) is 5.69 Å². The first-order chi connectivity index (χ1) is 9.97. The molecule has 1 N–H and O–H groups in total. The summed E-state index contributed by atoms with van der Waals surface area (Å²) in [6, 6.07) is 6.24. The molecule has 2 rings (SSSR count). The monoisotopic (exact) mass is 291 g/mol. The van der Waals surface area contributed by atoms with Gasteiger partial charge >= 0.3 is 5.97 Å². The van der Waals surface area contributed by atoms with Crippen molar-refractivity contribution in [2.24, 2.45) is 11.3 Å². The van der Waals surface area contributed by atoms with E-state index in [2.05, 4.69) is 6.92 Å². The average Bonchev–Trinajstić information content (AvgIpc) is 2.48. The number of nitro groups is 1. The highest BCUT2D eigenvalue weighted by molar-refractivity contribution is 5.75. The first-order valence-electron chi connectivity index (χ1n) is 7.43. The Bertz CT molecular complexity index is 516. The molecule has 1 aliphatic carbocycles. The second-order valence-electron chi connectivity index (χ2n) is 6.04. The van der Waals surface area contributed by atoms with Crippen LogP contribution >= 0.6 is 0 Å². The van der Waals surface area contributed by atoms with Crippen molar-refractivity contribution in [2.45, 2.75) is 45.4 Å². The largest absolute Gasteiger partial charge is 0.481 e. The summed E-state index contributed by atoms with van der Waals surface area (Å²) < 4.78 is 0. The van der Waals surface area contributed by atoms with Crippen LogP contribution in [0, 0.1) is 21.4 Å². The fourth-order valence-electron chi connectivity index (χ4n) is 3.23. The molecule has 0 amide bonds. The normalized spacial score (nSPS) is 25.5. The lowest BCUT2D eigenvalue weighted by atomic mass is 9.67. The molecule has 1 aromatic rings. The van der Waals surface area contributed by atoms with Gasteiger partial charge in [-0.15, -0.1) is 0 Å². The van der Waals surface area contributed by atoms with E-state index in [0.29, 0.717) is 25.2 Å². The number of benzene rings is 1. The molecular weight excluding hydrogens is 270 g/mol. The third kappa shape index (κ3) is 3.40. The molecular formula is C16H21NO4. The van der Waals surface area contributed by atoms with Crippen molar-refractivity contribution in [2.75, 3.05) is 0 Å². The van der Waals surface area contributed by atoms with E-state index in [9.17, 15) is 20.0 Å². The van der Waals surface area contributed by atoms with Gasteiger partial charge in [-0.2, -0.15) is 0 Å². The van der Waals surface area contributed by atoms with Gasteiger partial charge in [0.25, 0.3) is 5.69 Å². The molecule has 0 heterocycles. The van der Waals surface area contributed by atoms with Gasteiger partial charge in [-0.1, -0.05) is 25.5 Å². The quantitative estimate of drug-likeness (QED) is 0.660. The van der Waals surface area contributed by atoms with Crippen LogP contribution in [0.25, 0.3) is 0 Å². The summed E-state index contributed by atoms with van der Waals surface area (Å²) in [5.74, 6) is -0.107. The van der Waals surface area contributed by atoms with Crippen LogP contribution in [0.15, 0.2) is 24.3 Å². The van der Waals surface area contributed by atoms with Crippen LogP contribution in [0.5, 0.6) is 0 Å². The first kappa shape index (κ1) is 15.5. The Morgan fingerprint density at radius 1 is 1.33 bits per heavy atom. The molecule has 0 saturated heterocycles. The molecule has 1 saturated carbocycles. The topological polar surface area (TPSA) is 80.4 Å². The molecule has 5 heteroatoms. The fourth-order valence-corrected chi connectivity index (χ4v) is 3.23. The number of carboxylic acids is 1. The van der Waals surface area contributed by atoms with Crippen molar-refractivity contribution < 1.29 is 14.8 Å². The molecule has 0 aromatic heterocycles. The predicted molar refractivity (Wildman–Crippen MR) is 79.1 cm³/mol. The van der Waals surface area contributed by atoms with Crippen LogP contribution in [0.1, 0.15) is 44.6 Å². The third-order valence-electron chi connectivity index (χ3n) is 4.78. The van der Waals surface area contributed by atoms with Crippen LogP contribution in [0.2, 0.25) is 0 Å². The maximum absolute atomic E-state index is 11.7. The number of hydrogen-bond acceptors (Lipinski definition) is 3. The van der Waals surface area contributed by atoms with E-state index in [1.807, 2.05) is 0 Å². The summed E-state index contributed by atoms with van der Waals surface area (Å²) in [6.45, 7) is 2.15. The Morgan fingerprint density at radius 3 is 2.33 bits per heavy atom. The number of non-ortho nitro benzene ring substituents is 1. The predicted octanol–water partition coefficient (Wildman–Crippen LogP) is 3.81. The summed E-state index contributed by atoms with van der Waals surface area (Å²) >= 11 is 0. The van der Waals surface area contributed by atoms with Crippen molar-refractivity contribution in [1.29, 1.82) is 0 Å². The summed E-state index contributed by atoms with van der Waals surface area (Å²) in [5, 5.41) is 20.3. The second-order valence-corrected chi connectivity index (χ2v) is 6.04. The molecule has 5 nitrogen and oxygen atoms in total. The maximum Gasteiger partial charge on any atom is 0.309 e. The summed E-state index contributed by atoms with van der Waals surface area (Å²) in [7, 11) is 0. The Labute approximate surface area is 124 Å². The van der Waals surface area contributed by atoms with Gasteiger partial charge in [0.1, 0.15) is 0 Å². The molecule has 21 heavy (non-hydrogen) atoms. The van der Waals surface area contributed by atoms with Crippen LogP contribution in [0.3, 0.4) is 0 Å². The molecule has 0 bridgehead atoms. The minimum Gasteiger partial charge on any atom is -0.481 e. The minimum absolute atomic E-state index is 0.0396. The lowest BCUT2D eigenvalue weighted by Gasteiger charge is -2.36. The van der Waals surface area contributed by atoms with E-state index < -0.39 is 16.3 Å². The number of hydrogen-bond donors (Lipinski definition) is 1. The molecule has 1 aromatic carbocycles. The van der Waals surface area contributed by atoms with Crippen LogP contribution < -0.4 is 0 Å². The number of nitrogens with zero attached hydrogens (tertiary/aromatic N) is 1. The van der Waals surface area contributed by atoms with E-state index in [-0.39, 0.29) is 5.69 Å². The van der Waals surface area contributed by atoms with Crippen molar-refractivity contribution in [3.63, 3.8) is 0 Å². The van der Waals surface area contributed by atoms with Gasteiger partial charge in [-0.25, -0.2) is 0 Å². The Morgan fingerprint density at radius 2 is 1.90 bits per heavy atom. The average molecular weight is 291 g/mol. The van der Waals surface area contributed by atoms with Gasteiger partial charge in [0, 0.05) is 12.1 Å². The minimum atomic E-state index is -0.740. The molecule has 0 spiro atoms. The van der Waals surface area contributed by atoms with E-state index in [1.165, 1.54) is 12.1 Å². The smallest absolute Gasteiger partial charge is 0.309 e. The highest BCUT2D eigenvalue weighted by atomic mass is 16.6. The molecule has 1 aliphatic rings. The lowest BCUT2D eigenvalue weighted by molar-refractivity contribution is -0.384. The van der Waals surface area contributed by atoms with Crippen molar-refractivity contribution in [3.8, 4) is 0 Å². The number of carbonyl (C=O) groups is 1. The zero-order valence-electron chi connectivity index (χ0n) is 12.2. The number of nitro benzene ring substituents is 1. The maximum atomic E-state index is 11.7. The Hall–Kier alpha value is -1.91. The number of aliphatic carboxylic acids is 1. The first-order valence-corrected chi connectivity index (χ1v) is 7.43. The Kier molecular flexibility index (Phi) is 4.60. The van der Waals surface area contributed by atoms with Gasteiger partial charge in [-0.3, -0.25) is 14.9 Å². The van der Waals surface area contributed by atoms with Gasteiger partial charge in [0.15, 0.2) is 0 Å². The SMILES string of the molecule is CCC1CCC(Cc2ccc([N+](=O)[O-])cc2)(C(=O)O)CC1. The lowest BCUT2D eigenvalue weighted by Crippen LogP contribution is -2.37. The highest BCUT2D eigenvalue weighted by Gasteiger charge is 2.41. The number of rotatable bonds is 5. The summed E-state index contributed by atoms with van der Waals surface area (Å²) in [5.41, 5.74) is 0.192. The van der Waals surface area contributed by atoms with Gasteiger partial charge in [0.2, 0.25) is 0 Å². The number of carboxylic acid groups (broad SMARTS) is 1. The molecule has 0 atom stereocenters. The van der Waals surface area contributed by atoms with Gasteiger partial charge < -0.3 is 5.11 Å². The fraction of sp³-hybridized carbons (Fsp3) is 0.562. The zero-order valence-corrected chi connectivity index (χ0v) is 12.2. The van der Waals surface area contributed by atoms with E-state index in [1.54, 1.807) is 12.1 Å². The molecule has 0 radical (unpaired) electrons. The summed E-state index contributed by atoms with van der Waals surface area (Å²) in [6.07, 6.45) is 4.85. The Balaban J connectivity index is 2.13. The van der Waals surface area contributed by atoms with Crippen molar-refractivity contribution in [3.05, 3.63) is 39.9 Å². The molecule has 0 unspecified atom stereocenters. The third-order valence-corrected chi connectivity index (χ3v) is 4.78. The molecule has 114 valence electrons. The van der Waals surface area contributed by atoms with E-state index in [0.717, 1.165) is 24.8 Å². The standard InChI is InChI=1S/C16H21NO4/c1-2-12-7-9-16(10-8-12,15(18)19)11-13-3-5-14(6-4-13)17(20)21/h3-6,12H,2,7-11H2,1H3,(H,18,19). The summed E-state index contributed by atoms with van der Waals surface area (Å²) in [4.78, 5) is 22.0. The van der Waals surface area contributed by atoms with Crippen LogP contribution in [-0.2, 0) is 11.2 Å².